The average molecular weight is 382 g/mol. The standard InChI is InChI=1S/C20H22N4O2S/c1-23(2)12-11-21-18(25)15-9-7-14(8-10-15)13-24-19(26)16-5-3-4-6-17(16)22-20(24)27/h3-10H,11-13H2,1-2H3,(H,21,25)(H,22,27). The third kappa shape index (κ3) is 4.50. The number of hydrogen-bond donors (Lipinski definition) is 2. The quantitative estimate of drug-likeness (QED) is 0.643. The third-order valence-electron chi connectivity index (χ3n) is 4.29. The molecule has 0 aliphatic rings. The molecule has 1 aromatic heterocycles. The van der Waals surface area contributed by atoms with Crippen LogP contribution in [0.2, 0.25) is 0 Å². The van der Waals surface area contributed by atoms with Gasteiger partial charge in [-0.1, -0.05) is 24.3 Å². The zero-order valence-corrected chi connectivity index (χ0v) is 16.2. The van der Waals surface area contributed by atoms with E-state index in [0.29, 0.717) is 28.8 Å². The monoisotopic (exact) mass is 382 g/mol. The van der Waals surface area contributed by atoms with E-state index in [-0.39, 0.29) is 11.5 Å². The SMILES string of the molecule is CN(C)CCNC(=O)c1ccc(Cn2c(=S)[nH]c3ccccc3c2=O)cc1. The summed E-state index contributed by atoms with van der Waals surface area (Å²) >= 11 is 5.34. The Kier molecular flexibility index (Phi) is 5.83. The highest BCUT2D eigenvalue weighted by molar-refractivity contribution is 7.71. The molecule has 0 fully saturated rings. The Balaban J connectivity index is 1.77. The number of carbonyl (C=O) groups excluding carboxylic acids is 1. The Morgan fingerprint density at radius 2 is 1.85 bits per heavy atom. The summed E-state index contributed by atoms with van der Waals surface area (Å²) in [6, 6.07) is 14.5. The van der Waals surface area contributed by atoms with Crippen molar-refractivity contribution in [2.75, 3.05) is 27.2 Å². The summed E-state index contributed by atoms with van der Waals surface area (Å²) in [6.07, 6.45) is 0. The zero-order chi connectivity index (χ0) is 19.4. The molecular formula is C20H22N4O2S. The summed E-state index contributed by atoms with van der Waals surface area (Å²) in [6.45, 7) is 1.73. The summed E-state index contributed by atoms with van der Waals surface area (Å²) in [5.41, 5.74) is 2.10. The van der Waals surface area contributed by atoms with Gasteiger partial charge in [0, 0.05) is 18.7 Å². The van der Waals surface area contributed by atoms with E-state index in [1.807, 2.05) is 49.3 Å². The van der Waals surface area contributed by atoms with Crippen LogP contribution in [0.5, 0.6) is 0 Å². The van der Waals surface area contributed by atoms with Crippen LogP contribution in [0.15, 0.2) is 53.3 Å². The first kappa shape index (κ1) is 19.0. The number of rotatable bonds is 6. The molecule has 0 aliphatic heterocycles. The maximum absolute atomic E-state index is 12.7. The van der Waals surface area contributed by atoms with Gasteiger partial charge in [0.2, 0.25) is 0 Å². The van der Waals surface area contributed by atoms with E-state index < -0.39 is 0 Å². The van der Waals surface area contributed by atoms with Gasteiger partial charge in [0.25, 0.3) is 11.5 Å². The molecule has 2 aromatic carbocycles. The van der Waals surface area contributed by atoms with Crippen LogP contribution >= 0.6 is 12.2 Å². The first-order valence-electron chi connectivity index (χ1n) is 8.69. The summed E-state index contributed by atoms with van der Waals surface area (Å²) < 4.78 is 1.91. The molecule has 0 atom stereocenters. The highest BCUT2D eigenvalue weighted by atomic mass is 32.1. The van der Waals surface area contributed by atoms with Gasteiger partial charge in [0.05, 0.1) is 17.4 Å². The Bertz CT molecular complexity index is 1070. The Hall–Kier alpha value is -2.77. The van der Waals surface area contributed by atoms with E-state index in [2.05, 4.69) is 10.3 Å². The lowest BCUT2D eigenvalue weighted by atomic mass is 10.1. The Morgan fingerprint density at radius 1 is 1.15 bits per heavy atom. The minimum Gasteiger partial charge on any atom is -0.351 e. The fourth-order valence-electron chi connectivity index (χ4n) is 2.78. The largest absolute Gasteiger partial charge is 0.351 e. The summed E-state index contributed by atoms with van der Waals surface area (Å²) in [5.74, 6) is -0.108. The molecule has 3 rings (SSSR count). The second kappa shape index (κ2) is 8.28. The van der Waals surface area contributed by atoms with Gasteiger partial charge >= 0.3 is 0 Å². The Morgan fingerprint density at radius 3 is 2.56 bits per heavy atom. The van der Waals surface area contributed by atoms with Crippen molar-refractivity contribution in [1.82, 2.24) is 19.8 Å². The van der Waals surface area contributed by atoms with Gasteiger partial charge in [-0.05, 0) is 56.1 Å². The number of aromatic amines is 1. The maximum Gasteiger partial charge on any atom is 0.262 e. The lowest BCUT2D eigenvalue weighted by Crippen LogP contribution is -2.31. The van der Waals surface area contributed by atoms with Gasteiger partial charge in [-0.2, -0.15) is 0 Å². The minimum atomic E-state index is -0.125. The predicted octanol–water partition coefficient (Wildman–Crippen LogP) is 2.40. The molecule has 3 aromatic rings. The van der Waals surface area contributed by atoms with Crippen LogP contribution in [-0.4, -0.2) is 47.5 Å². The van der Waals surface area contributed by atoms with Gasteiger partial charge in [-0.15, -0.1) is 0 Å². The molecule has 0 saturated carbocycles. The number of para-hydroxylation sites is 1. The van der Waals surface area contributed by atoms with Crippen molar-refractivity contribution in [3.05, 3.63) is 74.8 Å². The van der Waals surface area contributed by atoms with Crippen molar-refractivity contribution in [2.45, 2.75) is 6.54 Å². The normalized spacial score (nSPS) is 11.1. The molecule has 0 bridgehead atoms. The van der Waals surface area contributed by atoms with Crippen LogP contribution in [0.1, 0.15) is 15.9 Å². The third-order valence-corrected chi connectivity index (χ3v) is 4.61. The van der Waals surface area contributed by atoms with E-state index in [9.17, 15) is 9.59 Å². The van der Waals surface area contributed by atoms with Crippen molar-refractivity contribution in [1.29, 1.82) is 0 Å². The summed E-state index contributed by atoms with van der Waals surface area (Å²) in [5, 5.41) is 3.48. The van der Waals surface area contributed by atoms with Crippen LogP contribution in [0.3, 0.4) is 0 Å². The number of carbonyl (C=O) groups is 1. The molecule has 1 amide bonds. The lowest BCUT2D eigenvalue weighted by molar-refractivity contribution is 0.0951. The van der Waals surface area contributed by atoms with Gasteiger partial charge < -0.3 is 15.2 Å². The first-order valence-corrected chi connectivity index (χ1v) is 9.10. The second-order valence-electron chi connectivity index (χ2n) is 6.62. The zero-order valence-electron chi connectivity index (χ0n) is 15.4. The van der Waals surface area contributed by atoms with Crippen molar-refractivity contribution < 1.29 is 4.79 Å². The van der Waals surface area contributed by atoms with E-state index in [4.69, 9.17) is 12.2 Å². The molecule has 140 valence electrons. The van der Waals surface area contributed by atoms with Crippen molar-refractivity contribution in [3.63, 3.8) is 0 Å². The number of hydrogen-bond acceptors (Lipinski definition) is 4. The number of aromatic nitrogens is 2. The van der Waals surface area contributed by atoms with E-state index >= 15 is 0 Å². The number of fused-ring (bicyclic) bond motifs is 1. The highest BCUT2D eigenvalue weighted by Crippen LogP contribution is 2.09. The fraction of sp³-hybridized carbons (Fsp3) is 0.250. The molecule has 27 heavy (non-hydrogen) atoms. The number of H-pyrrole nitrogens is 1. The molecule has 0 spiro atoms. The van der Waals surface area contributed by atoms with Gasteiger partial charge in [-0.3, -0.25) is 14.2 Å². The van der Waals surface area contributed by atoms with Crippen LogP contribution in [0.25, 0.3) is 10.9 Å². The van der Waals surface area contributed by atoms with E-state index in [0.717, 1.165) is 17.6 Å². The van der Waals surface area contributed by atoms with E-state index in [1.165, 1.54) is 4.57 Å². The first-order chi connectivity index (χ1) is 13.0. The number of amides is 1. The number of nitrogens with one attached hydrogen (secondary N) is 2. The van der Waals surface area contributed by atoms with E-state index in [1.54, 1.807) is 18.2 Å². The van der Waals surface area contributed by atoms with Gasteiger partial charge in [0.15, 0.2) is 4.77 Å². The average Bonchev–Trinajstić information content (AvgIpc) is 2.65. The Labute approximate surface area is 162 Å². The second-order valence-corrected chi connectivity index (χ2v) is 7.01. The number of likely N-dealkylation sites (N-methyl/N-ethyl adjacent to an activating group) is 1. The molecule has 2 N–H and O–H groups in total. The smallest absolute Gasteiger partial charge is 0.262 e. The van der Waals surface area contributed by atoms with Crippen LogP contribution in [0.4, 0.5) is 0 Å². The predicted molar refractivity (Wildman–Crippen MR) is 110 cm³/mol. The molecule has 0 radical (unpaired) electrons. The summed E-state index contributed by atoms with van der Waals surface area (Å²) in [7, 11) is 3.92. The fourth-order valence-corrected chi connectivity index (χ4v) is 3.04. The number of nitrogens with zero attached hydrogens (tertiary/aromatic N) is 2. The van der Waals surface area contributed by atoms with Crippen molar-refractivity contribution >= 4 is 29.0 Å². The summed E-state index contributed by atoms with van der Waals surface area (Å²) in [4.78, 5) is 30.0. The van der Waals surface area contributed by atoms with Crippen LogP contribution in [-0.2, 0) is 6.54 Å². The van der Waals surface area contributed by atoms with Crippen LogP contribution < -0.4 is 10.9 Å². The molecule has 0 saturated heterocycles. The number of benzene rings is 2. The lowest BCUT2D eigenvalue weighted by Gasteiger charge is -2.11. The molecule has 1 heterocycles. The van der Waals surface area contributed by atoms with Crippen molar-refractivity contribution in [3.8, 4) is 0 Å². The molecule has 0 unspecified atom stereocenters. The van der Waals surface area contributed by atoms with Gasteiger partial charge in [-0.25, -0.2) is 0 Å². The van der Waals surface area contributed by atoms with Gasteiger partial charge in [0.1, 0.15) is 0 Å². The minimum absolute atomic E-state index is 0.108. The molecule has 6 nitrogen and oxygen atoms in total. The molecule has 7 heteroatoms. The maximum atomic E-state index is 12.7. The molecule has 0 aliphatic carbocycles. The van der Waals surface area contributed by atoms with Crippen LogP contribution in [0, 0.1) is 4.77 Å². The van der Waals surface area contributed by atoms with Crippen molar-refractivity contribution in [2.24, 2.45) is 0 Å². The molecular weight excluding hydrogens is 360 g/mol. The highest BCUT2D eigenvalue weighted by Gasteiger charge is 2.08. The topological polar surface area (TPSA) is 70.1 Å².